The van der Waals surface area contributed by atoms with E-state index in [4.69, 9.17) is 22.2 Å². The van der Waals surface area contributed by atoms with E-state index in [1.165, 1.54) is 0 Å². The fraction of sp³-hybridized carbons (Fsp3) is 0.294. The molecule has 7 nitrogen and oxygen atoms in total. The number of nitriles is 1. The quantitative estimate of drug-likeness (QED) is 0.771. The Bertz CT molecular complexity index is 905. The highest BCUT2D eigenvalue weighted by Crippen LogP contribution is 2.22. The van der Waals surface area contributed by atoms with Crippen LogP contribution in [0.15, 0.2) is 29.1 Å². The maximum Gasteiger partial charge on any atom is 0.270 e. The average Bonchev–Trinajstić information content (AvgIpc) is 2.61. The van der Waals surface area contributed by atoms with Gasteiger partial charge < -0.3 is 14.6 Å². The molecular formula is C17H18N4O3S. The average molecular weight is 358 g/mol. The molecule has 8 heteroatoms. The predicted octanol–water partition coefficient (Wildman–Crippen LogP) is 2.22. The van der Waals surface area contributed by atoms with Crippen LogP contribution >= 0.6 is 12.2 Å². The number of hydrogen-bond acceptors (Lipinski definition) is 5. The summed E-state index contributed by atoms with van der Waals surface area (Å²) in [6, 6.07) is 8.59. The van der Waals surface area contributed by atoms with Gasteiger partial charge in [-0.15, -0.1) is 0 Å². The smallest absolute Gasteiger partial charge is 0.270 e. The lowest BCUT2D eigenvalue weighted by Gasteiger charge is -2.18. The number of likely N-dealkylation sites (N-methyl/N-ethyl adjacent to an activating group) is 1. The van der Waals surface area contributed by atoms with E-state index in [2.05, 4.69) is 9.97 Å². The van der Waals surface area contributed by atoms with Gasteiger partial charge in [-0.05, 0) is 55.9 Å². The highest BCUT2D eigenvalue weighted by Gasteiger charge is 2.12. The van der Waals surface area contributed by atoms with Crippen molar-refractivity contribution in [2.75, 3.05) is 19.7 Å². The third-order valence-corrected chi connectivity index (χ3v) is 3.88. The van der Waals surface area contributed by atoms with Crippen molar-refractivity contribution >= 4 is 18.1 Å². The molecule has 0 aliphatic rings. The number of ether oxygens (including phenoxy) is 1. The molecule has 0 aliphatic carbocycles. The Kier molecular flexibility index (Phi) is 6.08. The van der Waals surface area contributed by atoms with Crippen molar-refractivity contribution in [3.8, 4) is 23.1 Å². The summed E-state index contributed by atoms with van der Waals surface area (Å²) < 4.78 is 5.64. The molecule has 0 fully saturated rings. The molecule has 0 unspecified atom stereocenters. The first-order valence-electron chi connectivity index (χ1n) is 7.77. The molecular weight excluding hydrogens is 340 g/mol. The number of carbonyl (C=O) groups excluding carboxylic acids is 1. The van der Waals surface area contributed by atoms with Gasteiger partial charge in [-0.1, -0.05) is 0 Å². The maximum absolute atomic E-state index is 11.9. The molecule has 0 bridgehead atoms. The standard InChI is InChI=1S/C17H18N4O3S/c1-3-21(4-2)14(22)10-24-12-7-5-11(6-8-12)15-13(9-18)16(23)20-17(25)19-15/h5-8H,3-4,10H2,1-2H3,(H2,19,20,23,25). The summed E-state index contributed by atoms with van der Waals surface area (Å²) in [5.74, 6) is 0.436. The summed E-state index contributed by atoms with van der Waals surface area (Å²) in [6.07, 6.45) is 0. The molecule has 1 amide bonds. The first kappa shape index (κ1) is 18.4. The van der Waals surface area contributed by atoms with E-state index < -0.39 is 5.56 Å². The number of rotatable bonds is 6. The Morgan fingerprint density at radius 3 is 2.44 bits per heavy atom. The number of amides is 1. The second-order valence-corrected chi connectivity index (χ2v) is 5.56. The van der Waals surface area contributed by atoms with Gasteiger partial charge in [0.25, 0.3) is 11.5 Å². The molecule has 1 aromatic carbocycles. The Morgan fingerprint density at radius 1 is 1.24 bits per heavy atom. The molecule has 130 valence electrons. The van der Waals surface area contributed by atoms with Gasteiger partial charge in [0.05, 0.1) is 5.69 Å². The minimum absolute atomic E-state index is 0.0426. The first-order valence-corrected chi connectivity index (χ1v) is 8.18. The third kappa shape index (κ3) is 4.33. The van der Waals surface area contributed by atoms with Crippen LogP contribution in [0.4, 0.5) is 0 Å². The first-order chi connectivity index (χ1) is 12.0. The number of aromatic nitrogens is 2. The van der Waals surface area contributed by atoms with E-state index in [-0.39, 0.29) is 22.8 Å². The van der Waals surface area contributed by atoms with Gasteiger partial charge in [0.2, 0.25) is 0 Å². The summed E-state index contributed by atoms with van der Waals surface area (Å²) in [5, 5.41) is 9.16. The van der Waals surface area contributed by atoms with E-state index in [1.807, 2.05) is 19.9 Å². The van der Waals surface area contributed by atoms with Crippen LogP contribution in [-0.2, 0) is 4.79 Å². The van der Waals surface area contributed by atoms with Gasteiger partial charge >= 0.3 is 0 Å². The van der Waals surface area contributed by atoms with Crippen LogP contribution in [0.2, 0.25) is 0 Å². The third-order valence-electron chi connectivity index (χ3n) is 3.68. The number of aromatic amines is 2. The van der Waals surface area contributed by atoms with Crippen LogP contribution in [0.5, 0.6) is 5.75 Å². The normalized spacial score (nSPS) is 10.1. The number of nitrogens with zero attached hydrogens (tertiary/aromatic N) is 2. The lowest BCUT2D eigenvalue weighted by Crippen LogP contribution is -2.34. The molecule has 2 N–H and O–H groups in total. The van der Waals surface area contributed by atoms with E-state index in [9.17, 15) is 9.59 Å². The highest BCUT2D eigenvalue weighted by molar-refractivity contribution is 7.71. The van der Waals surface area contributed by atoms with Gasteiger partial charge in [-0.2, -0.15) is 5.26 Å². The van der Waals surface area contributed by atoms with Crippen molar-refractivity contribution < 1.29 is 9.53 Å². The molecule has 25 heavy (non-hydrogen) atoms. The Labute approximate surface area is 149 Å². The second-order valence-electron chi connectivity index (χ2n) is 5.15. The Morgan fingerprint density at radius 2 is 1.88 bits per heavy atom. The summed E-state index contributed by atoms with van der Waals surface area (Å²) in [5.41, 5.74) is 0.392. The van der Waals surface area contributed by atoms with Crippen LogP contribution < -0.4 is 10.3 Å². The van der Waals surface area contributed by atoms with Gasteiger partial charge in [-0.3, -0.25) is 14.6 Å². The van der Waals surface area contributed by atoms with Gasteiger partial charge in [-0.25, -0.2) is 0 Å². The van der Waals surface area contributed by atoms with Crippen molar-refractivity contribution in [2.45, 2.75) is 13.8 Å². The summed E-state index contributed by atoms with van der Waals surface area (Å²) >= 11 is 4.95. The number of carbonyl (C=O) groups is 1. The molecule has 2 rings (SSSR count). The van der Waals surface area contributed by atoms with E-state index >= 15 is 0 Å². The molecule has 0 saturated heterocycles. The molecule has 1 aromatic heterocycles. The van der Waals surface area contributed by atoms with Crippen molar-refractivity contribution in [3.05, 3.63) is 45.0 Å². The number of nitrogens with one attached hydrogen (secondary N) is 2. The zero-order valence-corrected chi connectivity index (χ0v) is 14.8. The van der Waals surface area contributed by atoms with E-state index in [0.29, 0.717) is 30.1 Å². The summed E-state index contributed by atoms with van der Waals surface area (Å²) in [7, 11) is 0. The zero-order chi connectivity index (χ0) is 18.4. The Hall–Kier alpha value is -2.92. The largest absolute Gasteiger partial charge is 0.484 e. The maximum atomic E-state index is 11.9. The molecule has 0 atom stereocenters. The van der Waals surface area contributed by atoms with E-state index in [0.717, 1.165) is 0 Å². The molecule has 0 radical (unpaired) electrons. The SMILES string of the molecule is CCN(CC)C(=O)COc1ccc(-c2[nH]c(=S)[nH]c(=O)c2C#N)cc1. The van der Waals surface area contributed by atoms with Crippen molar-refractivity contribution in [1.82, 2.24) is 14.9 Å². The van der Waals surface area contributed by atoms with Gasteiger partial charge in [0, 0.05) is 13.1 Å². The van der Waals surface area contributed by atoms with Crippen molar-refractivity contribution in [2.24, 2.45) is 0 Å². The summed E-state index contributed by atoms with van der Waals surface area (Å²) in [4.78, 5) is 30.6. The van der Waals surface area contributed by atoms with Gasteiger partial charge in [0.1, 0.15) is 17.4 Å². The van der Waals surface area contributed by atoms with Crippen LogP contribution in [0, 0.1) is 16.1 Å². The Balaban J connectivity index is 2.19. The highest BCUT2D eigenvalue weighted by atomic mass is 32.1. The minimum Gasteiger partial charge on any atom is -0.484 e. The predicted molar refractivity (Wildman–Crippen MR) is 95.8 cm³/mol. The monoisotopic (exact) mass is 358 g/mol. The molecule has 1 heterocycles. The zero-order valence-electron chi connectivity index (χ0n) is 14.0. The fourth-order valence-corrected chi connectivity index (χ4v) is 2.53. The molecule has 0 spiro atoms. The fourth-order valence-electron chi connectivity index (χ4n) is 2.34. The van der Waals surface area contributed by atoms with Crippen molar-refractivity contribution in [3.63, 3.8) is 0 Å². The molecule has 2 aromatic rings. The number of H-pyrrole nitrogens is 2. The van der Waals surface area contributed by atoms with Crippen molar-refractivity contribution in [1.29, 1.82) is 5.26 Å². The summed E-state index contributed by atoms with van der Waals surface area (Å²) in [6.45, 7) is 5.05. The van der Waals surface area contributed by atoms with Crippen LogP contribution in [0.1, 0.15) is 19.4 Å². The lowest BCUT2D eigenvalue weighted by molar-refractivity contribution is -0.132. The minimum atomic E-state index is -0.536. The topological polar surface area (TPSA) is 102 Å². The number of hydrogen-bond donors (Lipinski definition) is 2. The molecule has 0 aliphatic heterocycles. The van der Waals surface area contributed by atoms with Crippen LogP contribution in [0.3, 0.4) is 0 Å². The lowest BCUT2D eigenvalue weighted by atomic mass is 10.1. The van der Waals surface area contributed by atoms with E-state index in [1.54, 1.807) is 29.2 Å². The van der Waals surface area contributed by atoms with Crippen LogP contribution in [-0.4, -0.2) is 40.5 Å². The molecule has 0 saturated carbocycles. The van der Waals surface area contributed by atoms with Crippen LogP contribution in [0.25, 0.3) is 11.3 Å². The van der Waals surface area contributed by atoms with Gasteiger partial charge in [0.15, 0.2) is 11.4 Å². The second kappa shape index (κ2) is 8.26. The number of benzene rings is 1.